The standard InChI is InChI=1S/C21H24N2O4/c1-26-18-9-8-15(12-19(18)27-2)10-11-22-17-13-20(24)23(21(17)25)14-16-6-4-3-5-7-16/h3-9,12,17,22H,10-11,13-14H2,1-2H3. The predicted octanol–water partition coefficient (Wildman–Crippen LogP) is 2.16. The molecule has 0 bridgehead atoms. The number of nitrogens with one attached hydrogen (secondary N) is 1. The fourth-order valence-electron chi connectivity index (χ4n) is 3.20. The number of hydrogen-bond acceptors (Lipinski definition) is 5. The van der Waals surface area contributed by atoms with Gasteiger partial charge in [-0.3, -0.25) is 14.5 Å². The predicted molar refractivity (Wildman–Crippen MR) is 102 cm³/mol. The maximum atomic E-state index is 12.6. The van der Waals surface area contributed by atoms with Crippen molar-refractivity contribution in [3.8, 4) is 11.5 Å². The Hall–Kier alpha value is -2.86. The SMILES string of the molecule is COc1ccc(CCNC2CC(=O)N(Cc3ccccc3)C2=O)cc1OC. The van der Waals surface area contributed by atoms with Crippen LogP contribution in [0.5, 0.6) is 11.5 Å². The molecule has 0 spiro atoms. The number of nitrogens with zero attached hydrogens (tertiary/aromatic N) is 1. The Bertz CT molecular complexity index is 807. The van der Waals surface area contributed by atoms with Crippen molar-refractivity contribution in [1.29, 1.82) is 0 Å². The summed E-state index contributed by atoms with van der Waals surface area (Å²) in [4.78, 5) is 26.1. The summed E-state index contributed by atoms with van der Waals surface area (Å²) in [7, 11) is 3.20. The highest BCUT2D eigenvalue weighted by Crippen LogP contribution is 2.27. The number of carbonyl (C=O) groups is 2. The minimum atomic E-state index is -0.457. The van der Waals surface area contributed by atoms with Gasteiger partial charge in [0.1, 0.15) is 0 Å². The van der Waals surface area contributed by atoms with Gasteiger partial charge >= 0.3 is 0 Å². The fraction of sp³-hybridized carbons (Fsp3) is 0.333. The molecule has 0 radical (unpaired) electrons. The lowest BCUT2D eigenvalue weighted by Gasteiger charge is -2.16. The van der Waals surface area contributed by atoms with Crippen LogP contribution in [0.3, 0.4) is 0 Å². The van der Waals surface area contributed by atoms with Gasteiger partial charge in [0.05, 0.1) is 33.2 Å². The quantitative estimate of drug-likeness (QED) is 0.724. The normalized spacial score (nSPS) is 16.7. The van der Waals surface area contributed by atoms with E-state index in [2.05, 4.69) is 5.32 Å². The first kappa shape index (κ1) is 18.9. The summed E-state index contributed by atoms with van der Waals surface area (Å²) >= 11 is 0. The first-order chi connectivity index (χ1) is 13.1. The smallest absolute Gasteiger partial charge is 0.247 e. The molecule has 1 unspecified atom stereocenters. The Kier molecular flexibility index (Phi) is 6.08. The van der Waals surface area contributed by atoms with E-state index >= 15 is 0 Å². The van der Waals surface area contributed by atoms with Gasteiger partial charge in [0.15, 0.2) is 11.5 Å². The molecule has 0 aliphatic carbocycles. The average molecular weight is 368 g/mol. The summed E-state index contributed by atoms with van der Waals surface area (Å²) in [6, 6.07) is 14.8. The van der Waals surface area contributed by atoms with Gasteiger partial charge in [-0.25, -0.2) is 0 Å². The third kappa shape index (κ3) is 4.46. The van der Waals surface area contributed by atoms with E-state index in [4.69, 9.17) is 9.47 Å². The molecule has 1 N–H and O–H groups in total. The lowest BCUT2D eigenvalue weighted by molar-refractivity contribution is -0.139. The Morgan fingerprint density at radius 2 is 1.74 bits per heavy atom. The van der Waals surface area contributed by atoms with Crippen LogP contribution >= 0.6 is 0 Å². The maximum Gasteiger partial charge on any atom is 0.247 e. The van der Waals surface area contributed by atoms with Gasteiger partial charge in [0.25, 0.3) is 0 Å². The number of rotatable bonds is 8. The molecule has 2 aromatic rings. The molecule has 0 saturated carbocycles. The van der Waals surface area contributed by atoms with Crippen LogP contribution in [0.15, 0.2) is 48.5 Å². The van der Waals surface area contributed by atoms with E-state index in [-0.39, 0.29) is 18.2 Å². The molecule has 2 aromatic carbocycles. The molecule has 6 heteroatoms. The third-order valence-corrected chi connectivity index (χ3v) is 4.68. The molecule has 1 aliphatic rings. The number of imide groups is 1. The first-order valence-electron chi connectivity index (χ1n) is 8.94. The molecule has 27 heavy (non-hydrogen) atoms. The fourth-order valence-corrected chi connectivity index (χ4v) is 3.20. The molecule has 2 amide bonds. The van der Waals surface area contributed by atoms with Gasteiger partial charge in [-0.05, 0) is 36.2 Å². The highest BCUT2D eigenvalue weighted by molar-refractivity contribution is 6.05. The van der Waals surface area contributed by atoms with E-state index in [1.807, 2.05) is 48.5 Å². The van der Waals surface area contributed by atoms with Crippen molar-refractivity contribution in [2.75, 3.05) is 20.8 Å². The highest BCUT2D eigenvalue weighted by atomic mass is 16.5. The minimum absolute atomic E-state index is 0.132. The molecular weight excluding hydrogens is 344 g/mol. The summed E-state index contributed by atoms with van der Waals surface area (Å²) in [5.41, 5.74) is 2.02. The Morgan fingerprint density at radius 3 is 2.44 bits per heavy atom. The largest absolute Gasteiger partial charge is 0.493 e. The van der Waals surface area contributed by atoms with Crippen LogP contribution < -0.4 is 14.8 Å². The van der Waals surface area contributed by atoms with Crippen molar-refractivity contribution < 1.29 is 19.1 Å². The Balaban J connectivity index is 1.54. The van der Waals surface area contributed by atoms with Gasteiger partial charge in [-0.2, -0.15) is 0 Å². The van der Waals surface area contributed by atoms with E-state index in [0.29, 0.717) is 24.6 Å². The van der Waals surface area contributed by atoms with E-state index < -0.39 is 6.04 Å². The van der Waals surface area contributed by atoms with Gasteiger partial charge in [0, 0.05) is 0 Å². The second-order valence-electron chi connectivity index (χ2n) is 6.45. The van der Waals surface area contributed by atoms with Crippen LogP contribution in [0.4, 0.5) is 0 Å². The second kappa shape index (κ2) is 8.68. The average Bonchev–Trinajstić information content (AvgIpc) is 2.96. The first-order valence-corrected chi connectivity index (χ1v) is 8.94. The van der Waals surface area contributed by atoms with E-state index in [9.17, 15) is 9.59 Å². The zero-order valence-electron chi connectivity index (χ0n) is 15.6. The lowest BCUT2D eigenvalue weighted by atomic mass is 10.1. The van der Waals surface area contributed by atoms with Crippen molar-refractivity contribution in [1.82, 2.24) is 10.2 Å². The van der Waals surface area contributed by atoms with Gasteiger partial charge in [-0.15, -0.1) is 0 Å². The highest BCUT2D eigenvalue weighted by Gasteiger charge is 2.37. The Labute approximate surface area is 159 Å². The van der Waals surface area contributed by atoms with Crippen LogP contribution in [0.2, 0.25) is 0 Å². The summed E-state index contributed by atoms with van der Waals surface area (Å²) in [5.74, 6) is 1.07. The molecular formula is C21H24N2O4. The zero-order chi connectivity index (χ0) is 19.2. The molecule has 1 heterocycles. The number of methoxy groups -OCH3 is 2. The molecule has 1 aliphatic heterocycles. The summed E-state index contributed by atoms with van der Waals surface area (Å²) < 4.78 is 10.5. The molecule has 1 atom stereocenters. The van der Waals surface area contributed by atoms with Crippen LogP contribution in [-0.2, 0) is 22.6 Å². The Morgan fingerprint density at radius 1 is 1.00 bits per heavy atom. The monoisotopic (exact) mass is 368 g/mol. The van der Waals surface area contributed by atoms with E-state index in [1.165, 1.54) is 4.90 Å². The summed E-state index contributed by atoms with van der Waals surface area (Å²) in [6.07, 6.45) is 0.925. The van der Waals surface area contributed by atoms with Crippen molar-refractivity contribution >= 4 is 11.8 Å². The van der Waals surface area contributed by atoms with E-state index in [1.54, 1.807) is 14.2 Å². The van der Waals surface area contributed by atoms with Crippen molar-refractivity contribution in [3.63, 3.8) is 0 Å². The van der Waals surface area contributed by atoms with Crippen molar-refractivity contribution in [2.24, 2.45) is 0 Å². The third-order valence-electron chi connectivity index (χ3n) is 4.68. The molecule has 1 fully saturated rings. The molecule has 142 valence electrons. The molecule has 6 nitrogen and oxygen atoms in total. The summed E-state index contributed by atoms with van der Waals surface area (Å²) in [6.45, 7) is 0.921. The minimum Gasteiger partial charge on any atom is -0.493 e. The number of carbonyl (C=O) groups excluding carboxylic acids is 2. The lowest BCUT2D eigenvalue weighted by Crippen LogP contribution is -2.39. The van der Waals surface area contributed by atoms with Crippen molar-refractivity contribution in [3.05, 3.63) is 59.7 Å². The molecule has 3 rings (SSSR count). The number of benzene rings is 2. The van der Waals surface area contributed by atoms with Gasteiger partial charge in [-0.1, -0.05) is 36.4 Å². The van der Waals surface area contributed by atoms with Gasteiger partial charge < -0.3 is 14.8 Å². The maximum absolute atomic E-state index is 12.6. The number of hydrogen-bond donors (Lipinski definition) is 1. The van der Waals surface area contributed by atoms with Crippen LogP contribution in [0.1, 0.15) is 17.5 Å². The van der Waals surface area contributed by atoms with Crippen LogP contribution in [0, 0.1) is 0 Å². The number of likely N-dealkylation sites (tertiary alicyclic amines) is 1. The van der Waals surface area contributed by atoms with Crippen LogP contribution in [0.25, 0.3) is 0 Å². The van der Waals surface area contributed by atoms with E-state index in [0.717, 1.165) is 17.5 Å². The zero-order valence-corrected chi connectivity index (χ0v) is 15.6. The number of amides is 2. The number of ether oxygens (including phenoxy) is 2. The van der Waals surface area contributed by atoms with Crippen LogP contribution in [-0.4, -0.2) is 43.5 Å². The van der Waals surface area contributed by atoms with Gasteiger partial charge in [0.2, 0.25) is 11.8 Å². The molecule has 1 saturated heterocycles. The second-order valence-corrected chi connectivity index (χ2v) is 6.45. The summed E-state index contributed by atoms with van der Waals surface area (Å²) in [5, 5.41) is 3.21. The van der Waals surface area contributed by atoms with Crippen molar-refractivity contribution in [2.45, 2.75) is 25.4 Å². The molecule has 0 aromatic heterocycles. The topological polar surface area (TPSA) is 67.9 Å².